The Bertz CT molecular complexity index is 365. The van der Waals surface area contributed by atoms with Crippen molar-refractivity contribution in [2.75, 3.05) is 30.8 Å². The van der Waals surface area contributed by atoms with Crippen LogP contribution in [0.3, 0.4) is 0 Å². The normalized spacial score (nSPS) is 17.0. The van der Waals surface area contributed by atoms with Crippen LogP contribution >= 0.6 is 0 Å². The summed E-state index contributed by atoms with van der Waals surface area (Å²) in [5.41, 5.74) is 9.55. The summed E-state index contributed by atoms with van der Waals surface area (Å²) in [6.45, 7) is 4.08. The van der Waals surface area contributed by atoms with Crippen molar-refractivity contribution in [1.82, 2.24) is 0 Å². The van der Waals surface area contributed by atoms with E-state index < -0.39 is 0 Å². The number of nitrogens with two attached hydrogens (primary N) is 1. The van der Waals surface area contributed by atoms with E-state index in [-0.39, 0.29) is 6.10 Å². The van der Waals surface area contributed by atoms with Gasteiger partial charge in [-0.15, -0.1) is 0 Å². The summed E-state index contributed by atoms with van der Waals surface area (Å²) in [5, 5.41) is 0. The summed E-state index contributed by atoms with van der Waals surface area (Å²) in [4.78, 5) is 2.35. The van der Waals surface area contributed by atoms with Gasteiger partial charge in [0.15, 0.2) is 0 Å². The molecule has 1 aliphatic heterocycles. The van der Waals surface area contributed by atoms with Crippen LogP contribution < -0.4 is 10.6 Å². The van der Waals surface area contributed by atoms with Gasteiger partial charge in [-0.2, -0.15) is 0 Å². The summed E-state index contributed by atoms with van der Waals surface area (Å²) in [5.74, 6) is 0. The number of nitrogens with zero attached hydrogens (tertiary/aromatic N) is 1. The Morgan fingerprint density at radius 1 is 1.50 bits per heavy atom. The lowest BCUT2D eigenvalue weighted by molar-refractivity contribution is 0.123. The van der Waals surface area contributed by atoms with Crippen molar-refractivity contribution in [1.29, 1.82) is 0 Å². The average molecular weight is 220 g/mol. The fourth-order valence-corrected chi connectivity index (χ4v) is 2.34. The molecule has 1 aromatic rings. The average Bonchev–Trinajstić information content (AvgIpc) is 2.29. The van der Waals surface area contributed by atoms with Crippen LogP contribution in [0.15, 0.2) is 18.2 Å². The summed E-state index contributed by atoms with van der Waals surface area (Å²) in [6.07, 6.45) is 2.58. The first-order valence-electron chi connectivity index (χ1n) is 5.87. The molecule has 3 nitrogen and oxygen atoms in total. The largest absolute Gasteiger partial charge is 0.397 e. The van der Waals surface area contributed by atoms with E-state index in [1.807, 2.05) is 12.1 Å². The molecule has 0 bridgehead atoms. The number of fused-ring (bicyclic) bond motifs is 1. The van der Waals surface area contributed by atoms with Gasteiger partial charge in [0.1, 0.15) is 0 Å². The highest BCUT2D eigenvalue weighted by Crippen LogP contribution is 2.32. The predicted octanol–water partition coefficient (Wildman–Crippen LogP) is 2.06. The molecule has 0 spiro atoms. The minimum atomic E-state index is 0.241. The molecule has 0 amide bonds. The number of hydrogen-bond donors (Lipinski definition) is 1. The number of anilines is 2. The van der Waals surface area contributed by atoms with Crippen molar-refractivity contribution in [3.63, 3.8) is 0 Å². The van der Waals surface area contributed by atoms with Crippen LogP contribution in [0, 0.1) is 0 Å². The summed E-state index contributed by atoms with van der Waals surface area (Å²) in [7, 11) is 1.75. The van der Waals surface area contributed by atoms with Gasteiger partial charge in [0, 0.05) is 20.2 Å². The third kappa shape index (κ3) is 2.14. The molecule has 1 atom stereocenters. The zero-order chi connectivity index (χ0) is 11.5. The minimum Gasteiger partial charge on any atom is -0.397 e. The zero-order valence-corrected chi connectivity index (χ0v) is 10.1. The lowest BCUT2D eigenvalue weighted by Crippen LogP contribution is -2.36. The molecule has 3 heteroatoms. The van der Waals surface area contributed by atoms with Crippen molar-refractivity contribution in [2.24, 2.45) is 0 Å². The Morgan fingerprint density at radius 3 is 3.06 bits per heavy atom. The molecule has 88 valence electrons. The van der Waals surface area contributed by atoms with Crippen molar-refractivity contribution in [3.8, 4) is 0 Å². The summed E-state index contributed by atoms with van der Waals surface area (Å²) < 4.78 is 5.33. The van der Waals surface area contributed by atoms with Gasteiger partial charge in [-0.25, -0.2) is 0 Å². The third-order valence-electron chi connectivity index (χ3n) is 3.22. The molecule has 0 fully saturated rings. The number of nitrogen functional groups attached to an aromatic ring is 1. The number of methoxy groups -OCH3 is 1. The Morgan fingerprint density at radius 2 is 2.31 bits per heavy atom. The molecule has 1 aromatic carbocycles. The van der Waals surface area contributed by atoms with Gasteiger partial charge in [-0.1, -0.05) is 12.1 Å². The van der Waals surface area contributed by atoms with E-state index in [4.69, 9.17) is 10.5 Å². The Balaban J connectivity index is 2.25. The minimum absolute atomic E-state index is 0.241. The molecule has 2 rings (SSSR count). The first-order valence-corrected chi connectivity index (χ1v) is 5.87. The van der Waals surface area contributed by atoms with Gasteiger partial charge in [0.05, 0.1) is 17.5 Å². The summed E-state index contributed by atoms with van der Waals surface area (Å²) in [6, 6.07) is 6.20. The molecule has 0 saturated heterocycles. The maximum Gasteiger partial charge on any atom is 0.0718 e. The van der Waals surface area contributed by atoms with Crippen LogP contribution in [-0.2, 0) is 11.2 Å². The molecule has 16 heavy (non-hydrogen) atoms. The van der Waals surface area contributed by atoms with Crippen LogP contribution in [0.5, 0.6) is 0 Å². The van der Waals surface area contributed by atoms with Crippen molar-refractivity contribution < 1.29 is 4.74 Å². The van der Waals surface area contributed by atoms with Crippen LogP contribution in [0.25, 0.3) is 0 Å². The van der Waals surface area contributed by atoms with E-state index in [1.165, 1.54) is 17.7 Å². The van der Waals surface area contributed by atoms with E-state index in [0.29, 0.717) is 0 Å². The second kappa shape index (κ2) is 4.74. The third-order valence-corrected chi connectivity index (χ3v) is 3.22. The van der Waals surface area contributed by atoms with Gasteiger partial charge in [0.25, 0.3) is 0 Å². The van der Waals surface area contributed by atoms with Gasteiger partial charge in [-0.05, 0) is 31.4 Å². The molecular weight excluding hydrogens is 200 g/mol. The van der Waals surface area contributed by atoms with Gasteiger partial charge in [0.2, 0.25) is 0 Å². The molecule has 0 saturated carbocycles. The van der Waals surface area contributed by atoms with Crippen LogP contribution in [0.2, 0.25) is 0 Å². The van der Waals surface area contributed by atoms with Gasteiger partial charge < -0.3 is 15.4 Å². The highest BCUT2D eigenvalue weighted by atomic mass is 16.5. The van der Waals surface area contributed by atoms with E-state index in [1.54, 1.807) is 7.11 Å². The van der Waals surface area contributed by atoms with E-state index in [0.717, 1.165) is 25.2 Å². The number of para-hydroxylation sites is 1. The standard InChI is InChI=1S/C13H20N2O/c1-10(16-2)9-15-8-4-6-11-5-3-7-12(14)13(11)15/h3,5,7,10H,4,6,8-9,14H2,1-2H3. The van der Waals surface area contributed by atoms with Gasteiger partial charge >= 0.3 is 0 Å². The molecule has 0 radical (unpaired) electrons. The lowest BCUT2D eigenvalue weighted by Gasteiger charge is -2.33. The monoisotopic (exact) mass is 220 g/mol. The highest BCUT2D eigenvalue weighted by molar-refractivity contribution is 5.72. The molecule has 0 aromatic heterocycles. The first-order chi connectivity index (χ1) is 7.72. The highest BCUT2D eigenvalue weighted by Gasteiger charge is 2.20. The Kier molecular flexibility index (Phi) is 3.34. The smallest absolute Gasteiger partial charge is 0.0718 e. The van der Waals surface area contributed by atoms with Gasteiger partial charge in [-0.3, -0.25) is 0 Å². The zero-order valence-electron chi connectivity index (χ0n) is 10.1. The van der Waals surface area contributed by atoms with Crippen molar-refractivity contribution in [3.05, 3.63) is 23.8 Å². The first kappa shape index (κ1) is 11.3. The lowest BCUT2D eigenvalue weighted by atomic mass is 10.00. The quantitative estimate of drug-likeness (QED) is 0.792. The second-order valence-electron chi connectivity index (χ2n) is 4.45. The molecule has 2 N–H and O–H groups in total. The molecule has 1 aliphatic rings. The topological polar surface area (TPSA) is 38.5 Å². The Hall–Kier alpha value is -1.22. The summed E-state index contributed by atoms with van der Waals surface area (Å²) >= 11 is 0. The fourth-order valence-electron chi connectivity index (χ4n) is 2.34. The Labute approximate surface area is 97.2 Å². The molecule has 1 unspecified atom stereocenters. The van der Waals surface area contributed by atoms with E-state index >= 15 is 0 Å². The van der Waals surface area contributed by atoms with Crippen LogP contribution in [-0.4, -0.2) is 26.3 Å². The maximum atomic E-state index is 6.07. The number of benzene rings is 1. The SMILES string of the molecule is COC(C)CN1CCCc2cccc(N)c21. The number of aryl methyl sites for hydroxylation is 1. The van der Waals surface area contributed by atoms with Crippen LogP contribution in [0.4, 0.5) is 11.4 Å². The maximum absolute atomic E-state index is 6.07. The number of ether oxygens (including phenoxy) is 1. The number of hydrogen-bond acceptors (Lipinski definition) is 3. The second-order valence-corrected chi connectivity index (χ2v) is 4.45. The van der Waals surface area contributed by atoms with E-state index in [2.05, 4.69) is 17.9 Å². The van der Waals surface area contributed by atoms with E-state index in [9.17, 15) is 0 Å². The molecular formula is C13H20N2O. The number of rotatable bonds is 3. The van der Waals surface area contributed by atoms with Crippen molar-refractivity contribution >= 4 is 11.4 Å². The molecule has 1 heterocycles. The fraction of sp³-hybridized carbons (Fsp3) is 0.538. The van der Waals surface area contributed by atoms with Crippen LogP contribution in [0.1, 0.15) is 18.9 Å². The molecule has 0 aliphatic carbocycles. The van der Waals surface area contributed by atoms with Crippen molar-refractivity contribution in [2.45, 2.75) is 25.9 Å². The predicted molar refractivity (Wildman–Crippen MR) is 67.9 cm³/mol.